The van der Waals surface area contributed by atoms with Crippen LogP contribution in [0.3, 0.4) is 0 Å². The molecule has 20 heavy (non-hydrogen) atoms. The van der Waals surface area contributed by atoms with Crippen LogP contribution in [-0.4, -0.2) is 19.1 Å². The molecule has 0 bridgehead atoms. The molecule has 1 N–H and O–H groups in total. The van der Waals surface area contributed by atoms with Gasteiger partial charge in [-0.3, -0.25) is 0 Å². The van der Waals surface area contributed by atoms with Crippen LogP contribution in [0.5, 0.6) is 0 Å². The van der Waals surface area contributed by atoms with E-state index in [9.17, 15) is 13.6 Å². The van der Waals surface area contributed by atoms with Crippen LogP contribution in [-0.2, 0) is 4.74 Å². The van der Waals surface area contributed by atoms with Crippen molar-refractivity contribution in [2.45, 2.75) is 38.6 Å². The Morgan fingerprint density at radius 3 is 2.55 bits per heavy atom. The highest BCUT2D eigenvalue weighted by Gasteiger charge is 2.23. The SMILES string of the molecule is COC(=O)c1cc(NC(C)C2CCCC2)c(F)cc1F. The van der Waals surface area contributed by atoms with E-state index in [1.54, 1.807) is 0 Å². The van der Waals surface area contributed by atoms with Crippen molar-refractivity contribution >= 4 is 11.7 Å². The number of benzene rings is 1. The highest BCUT2D eigenvalue weighted by Crippen LogP contribution is 2.30. The molecule has 2 rings (SSSR count). The first-order valence-corrected chi connectivity index (χ1v) is 6.87. The van der Waals surface area contributed by atoms with Crippen LogP contribution in [0.2, 0.25) is 0 Å². The quantitative estimate of drug-likeness (QED) is 0.855. The maximum atomic E-state index is 13.8. The average molecular weight is 283 g/mol. The predicted molar refractivity (Wildman–Crippen MR) is 72.7 cm³/mol. The second-order valence-electron chi connectivity index (χ2n) is 5.28. The normalized spacial score (nSPS) is 17.0. The van der Waals surface area contributed by atoms with Gasteiger partial charge in [0.15, 0.2) is 0 Å². The molecular formula is C15H19F2NO2. The van der Waals surface area contributed by atoms with Crippen molar-refractivity contribution in [1.29, 1.82) is 0 Å². The molecule has 0 aliphatic heterocycles. The lowest BCUT2D eigenvalue weighted by Gasteiger charge is -2.22. The molecule has 1 unspecified atom stereocenters. The predicted octanol–water partition coefficient (Wildman–Crippen LogP) is 3.74. The van der Waals surface area contributed by atoms with E-state index in [0.29, 0.717) is 5.92 Å². The smallest absolute Gasteiger partial charge is 0.340 e. The van der Waals surface area contributed by atoms with Crippen molar-refractivity contribution in [2.75, 3.05) is 12.4 Å². The van der Waals surface area contributed by atoms with Gasteiger partial charge in [-0.05, 0) is 31.7 Å². The van der Waals surface area contributed by atoms with Crippen molar-refractivity contribution in [3.8, 4) is 0 Å². The van der Waals surface area contributed by atoms with E-state index < -0.39 is 17.6 Å². The molecule has 1 aromatic carbocycles. The summed E-state index contributed by atoms with van der Waals surface area (Å²) in [5, 5.41) is 3.05. The second-order valence-corrected chi connectivity index (χ2v) is 5.28. The Kier molecular flexibility index (Phi) is 4.57. The topological polar surface area (TPSA) is 38.3 Å². The molecule has 0 aromatic heterocycles. The van der Waals surface area contributed by atoms with Crippen molar-refractivity contribution in [3.05, 3.63) is 29.3 Å². The van der Waals surface area contributed by atoms with Crippen LogP contribution in [0.25, 0.3) is 0 Å². The molecule has 0 spiro atoms. The van der Waals surface area contributed by atoms with Crippen LogP contribution in [0.1, 0.15) is 43.0 Å². The van der Waals surface area contributed by atoms with Crippen LogP contribution < -0.4 is 5.32 Å². The Hall–Kier alpha value is -1.65. The summed E-state index contributed by atoms with van der Waals surface area (Å²) in [6.07, 6.45) is 4.60. The van der Waals surface area contributed by atoms with E-state index >= 15 is 0 Å². The maximum Gasteiger partial charge on any atom is 0.340 e. The van der Waals surface area contributed by atoms with Gasteiger partial charge in [-0.15, -0.1) is 0 Å². The third-order valence-corrected chi connectivity index (χ3v) is 3.95. The zero-order valence-electron chi connectivity index (χ0n) is 11.7. The van der Waals surface area contributed by atoms with Crippen molar-refractivity contribution < 1.29 is 18.3 Å². The van der Waals surface area contributed by atoms with E-state index in [2.05, 4.69) is 10.1 Å². The van der Waals surface area contributed by atoms with Gasteiger partial charge in [0.1, 0.15) is 11.6 Å². The van der Waals surface area contributed by atoms with Gasteiger partial charge in [0, 0.05) is 12.1 Å². The van der Waals surface area contributed by atoms with Gasteiger partial charge < -0.3 is 10.1 Å². The first-order valence-electron chi connectivity index (χ1n) is 6.87. The summed E-state index contributed by atoms with van der Waals surface area (Å²) >= 11 is 0. The largest absolute Gasteiger partial charge is 0.465 e. The first kappa shape index (κ1) is 14.8. The third kappa shape index (κ3) is 3.08. The number of nitrogens with one attached hydrogen (secondary N) is 1. The first-order chi connectivity index (χ1) is 9.52. The van der Waals surface area contributed by atoms with Gasteiger partial charge in [0.2, 0.25) is 0 Å². The number of rotatable bonds is 4. The van der Waals surface area contributed by atoms with E-state index in [1.165, 1.54) is 26.0 Å². The number of hydrogen-bond donors (Lipinski definition) is 1. The summed E-state index contributed by atoms with van der Waals surface area (Å²) in [5.41, 5.74) is -0.110. The number of esters is 1. The molecule has 0 heterocycles. The van der Waals surface area contributed by atoms with Gasteiger partial charge in [-0.2, -0.15) is 0 Å². The molecule has 1 aromatic rings. The molecule has 0 radical (unpaired) electrons. The molecule has 110 valence electrons. The summed E-state index contributed by atoms with van der Waals surface area (Å²) in [5.74, 6) is -1.92. The fourth-order valence-electron chi connectivity index (χ4n) is 2.75. The van der Waals surface area contributed by atoms with Gasteiger partial charge >= 0.3 is 5.97 Å². The highest BCUT2D eigenvalue weighted by atomic mass is 19.1. The molecule has 1 aliphatic carbocycles. The number of carbonyl (C=O) groups is 1. The number of anilines is 1. The van der Waals surface area contributed by atoms with Crippen molar-refractivity contribution in [3.63, 3.8) is 0 Å². The summed E-state index contributed by atoms with van der Waals surface area (Å²) in [4.78, 5) is 11.4. The highest BCUT2D eigenvalue weighted by molar-refractivity contribution is 5.90. The number of methoxy groups -OCH3 is 1. The fourth-order valence-corrected chi connectivity index (χ4v) is 2.75. The fraction of sp³-hybridized carbons (Fsp3) is 0.533. The Morgan fingerprint density at radius 1 is 1.30 bits per heavy atom. The molecular weight excluding hydrogens is 264 g/mol. The Balaban J connectivity index is 2.20. The molecule has 5 heteroatoms. The van der Waals surface area contributed by atoms with Gasteiger partial charge in [-0.25, -0.2) is 13.6 Å². The summed E-state index contributed by atoms with van der Waals surface area (Å²) in [7, 11) is 1.17. The molecule has 1 fully saturated rings. The molecule has 1 aliphatic rings. The summed E-state index contributed by atoms with van der Waals surface area (Å²) in [6, 6.07) is 1.99. The van der Waals surface area contributed by atoms with Gasteiger partial charge in [-0.1, -0.05) is 12.8 Å². The maximum absolute atomic E-state index is 13.8. The lowest BCUT2D eigenvalue weighted by molar-refractivity contribution is 0.0595. The van der Waals surface area contributed by atoms with E-state index in [1.807, 2.05) is 6.92 Å². The molecule has 0 saturated heterocycles. The molecule has 3 nitrogen and oxygen atoms in total. The summed E-state index contributed by atoms with van der Waals surface area (Å²) < 4.78 is 31.8. The average Bonchev–Trinajstić information content (AvgIpc) is 2.95. The van der Waals surface area contributed by atoms with Crippen LogP contribution >= 0.6 is 0 Å². The van der Waals surface area contributed by atoms with Crippen LogP contribution in [0, 0.1) is 17.6 Å². The number of hydrogen-bond acceptors (Lipinski definition) is 3. The Bertz CT molecular complexity index is 499. The van der Waals surface area contributed by atoms with Crippen molar-refractivity contribution in [1.82, 2.24) is 0 Å². The Labute approximate surface area is 117 Å². The monoisotopic (exact) mass is 283 g/mol. The lowest BCUT2D eigenvalue weighted by Crippen LogP contribution is -2.24. The van der Waals surface area contributed by atoms with Crippen molar-refractivity contribution in [2.24, 2.45) is 5.92 Å². The van der Waals surface area contributed by atoms with Crippen LogP contribution in [0.15, 0.2) is 12.1 Å². The minimum atomic E-state index is -0.909. The zero-order chi connectivity index (χ0) is 14.7. The minimum absolute atomic E-state index is 0.0861. The third-order valence-electron chi connectivity index (χ3n) is 3.95. The van der Waals surface area contributed by atoms with E-state index in [4.69, 9.17) is 0 Å². The second kappa shape index (κ2) is 6.20. The van der Waals surface area contributed by atoms with E-state index in [-0.39, 0.29) is 17.3 Å². The number of carbonyl (C=O) groups excluding carboxylic acids is 1. The standard InChI is InChI=1S/C15H19F2NO2/c1-9(10-5-3-4-6-10)18-14-7-11(15(19)20-2)12(16)8-13(14)17/h7-10,18H,3-6H2,1-2H3. The van der Waals surface area contributed by atoms with Crippen LogP contribution in [0.4, 0.5) is 14.5 Å². The minimum Gasteiger partial charge on any atom is -0.465 e. The lowest BCUT2D eigenvalue weighted by atomic mass is 9.99. The Morgan fingerprint density at radius 2 is 1.95 bits per heavy atom. The number of ether oxygens (including phenoxy) is 1. The van der Waals surface area contributed by atoms with Gasteiger partial charge in [0.25, 0.3) is 0 Å². The molecule has 1 atom stereocenters. The number of halogens is 2. The molecule has 1 saturated carbocycles. The summed E-state index contributed by atoms with van der Waals surface area (Å²) in [6.45, 7) is 1.98. The zero-order valence-corrected chi connectivity index (χ0v) is 11.7. The molecule has 0 amide bonds. The van der Waals surface area contributed by atoms with E-state index in [0.717, 1.165) is 18.9 Å². The van der Waals surface area contributed by atoms with Gasteiger partial charge in [0.05, 0.1) is 18.4 Å².